The van der Waals surface area contributed by atoms with Gasteiger partial charge in [0.05, 0.1) is 13.2 Å². The maximum absolute atomic E-state index is 8.84. The van der Waals surface area contributed by atoms with Crippen molar-refractivity contribution in [2.75, 3.05) is 19.8 Å². The largest absolute Gasteiger partial charge is 0.488 e. The molecule has 0 saturated carbocycles. The lowest BCUT2D eigenvalue weighted by molar-refractivity contribution is 0.140. The van der Waals surface area contributed by atoms with Gasteiger partial charge in [-0.2, -0.15) is 0 Å². The SMILES string of the molecule is OCCCc1ccccc1OC1CCOC1. The Morgan fingerprint density at radius 1 is 1.38 bits per heavy atom. The van der Waals surface area contributed by atoms with Gasteiger partial charge in [-0.05, 0) is 24.5 Å². The fourth-order valence-electron chi connectivity index (χ4n) is 1.88. The van der Waals surface area contributed by atoms with Crippen LogP contribution in [0.3, 0.4) is 0 Å². The number of benzene rings is 1. The standard InChI is InChI=1S/C13H18O3/c14-8-3-5-11-4-1-2-6-13(11)16-12-7-9-15-10-12/h1-2,4,6,12,14H,3,5,7-10H2. The summed E-state index contributed by atoms with van der Waals surface area (Å²) in [6, 6.07) is 8.03. The Morgan fingerprint density at radius 2 is 2.25 bits per heavy atom. The molecule has 0 aromatic heterocycles. The molecule has 0 amide bonds. The van der Waals surface area contributed by atoms with Crippen LogP contribution in [0.5, 0.6) is 5.75 Å². The molecule has 16 heavy (non-hydrogen) atoms. The van der Waals surface area contributed by atoms with Crippen LogP contribution < -0.4 is 4.74 Å². The van der Waals surface area contributed by atoms with Crippen molar-refractivity contribution in [3.63, 3.8) is 0 Å². The second kappa shape index (κ2) is 5.87. The number of hydrogen-bond donors (Lipinski definition) is 1. The Kier molecular flexibility index (Phi) is 4.19. The summed E-state index contributed by atoms with van der Waals surface area (Å²) < 4.78 is 11.2. The summed E-state index contributed by atoms with van der Waals surface area (Å²) in [7, 11) is 0. The lowest BCUT2D eigenvalue weighted by atomic mass is 10.1. The number of aliphatic hydroxyl groups is 1. The highest BCUT2D eigenvalue weighted by molar-refractivity contribution is 5.33. The first-order chi connectivity index (χ1) is 7.90. The lowest BCUT2D eigenvalue weighted by Gasteiger charge is -2.15. The van der Waals surface area contributed by atoms with Crippen molar-refractivity contribution in [3.05, 3.63) is 29.8 Å². The van der Waals surface area contributed by atoms with Crippen molar-refractivity contribution in [2.45, 2.75) is 25.4 Å². The minimum Gasteiger partial charge on any atom is -0.488 e. The monoisotopic (exact) mass is 222 g/mol. The molecule has 1 saturated heterocycles. The van der Waals surface area contributed by atoms with Gasteiger partial charge in [0.25, 0.3) is 0 Å². The predicted octanol–water partition coefficient (Wildman–Crippen LogP) is 1.78. The van der Waals surface area contributed by atoms with Gasteiger partial charge in [0, 0.05) is 13.0 Å². The van der Waals surface area contributed by atoms with Crippen molar-refractivity contribution in [2.24, 2.45) is 0 Å². The van der Waals surface area contributed by atoms with Crippen LogP contribution in [0.1, 0.15) is 18.4 Å². The first-order valence-corrected chi connectivity index (χ1v) is 5.83. The molecule has 1 aromatic carbocycles. The molecule has 0 bridgehead atoms. The highest BCUT2D eigenvalue weighted by Gasteiger charge is 2.18. The zero-order valence-corrected chi connectivity index (χ0v) is 9.39. The van der Waals surface area contributed by atoms with Crippen molar-refractivity contribution >= 4 is 0 Å². The molecule has 1 heterocycles. The third-order valence-corrected chi connectivity index (χ3v) is 2.76. The van der Waals surface area contributed by atoms with Crippen LogP contribution in [-0.4, -0.2) is 31.0 Å². The molecular formula is C13H18O3. The Bertz CT molecular complexity index is 319. The number of rotatable bonds is 5. The van der Waals surface area contributed by atoms with E-state index in [0.29, 0.717) is 6.61 Å². The molecule has 88 valence electrons. The molecular weight excluding hydrogens is 204 g/mol. The normalized spacial score (nSPS) is 19.9. The molecule has 1 N–H and O–H groups in total. The van der Waals surface area contributed by atoms with Gasteiger partial charge in [0.15, 0.2) is 0 Å². The van der Waals surface area contributed by atoms with Gasteiger partial charge in [-0.25, -0.2) is 0 Å². The van der Waals surface area contributed by atoms with Gasteiger partial charge in [0.1, 0.15) is 11.9 Å². The van der Waals surface area contributed by atoms with Crippen molar-refractivity contribution in [1.82, 2.24) is 0 Å². The summed E-state index contributed by atoms with van der Waals surface area (Å²) in [5.41, 5.74) is 1.17. The zero-order chi connectivity index (χ0) is 11.2. The number of aryl methyl sites for hydroxylation is 1. The molecule has 1 aromatic rings. The second-order valence-electron chi connectivity index (χ2n) is 4.04. The first kappa shape index (κ1) is 11.4. The number of aliphatic hydroxyl groups excluding tert-OH is 1. The van der Waals surface area contributed by atoms with Crippen molar-refractivity contribution in [3.8, 4) is 5.75 Å². The first-order valence-electron chi connectivity index (χ1n) is 5.83. The van der Waals surface area contributed by atoms with E-state index >= 15 is 0 Å². The van der Waals surface area contributed by atoms with E-state index in [1.165, 1.54) is 5.56 Å². The van der Waals surface area contributed by atoms with Crippen LogP contribution in [0.25, 0.3) is 0 Å². The van der Waals surface area contributed by atoms with Gasteiger partial charge < -0.3 is 14.6 Å². The molecule has 1 atom stereocenters. The van der Waals surface area contributed by atoms with E-state index in [1.54, 1.807) is 0 Å². The number of ether oxygens (including phenoxy) is 2. The average molecular weight is 222 g/mol. The lowest BCUT2D eigenvalue weighted by Crippen LogP contribution is -2.16. The topological polar surface area (TPSA) is 38.7 Å². The van der Waals surface area contributed by atoms with Crippen LogP contribution in [0.4, 0.5) is 0 Å². The van der Waals surface area contributed by atoms with E-state index in [-0.39, 0.29) is 12.7 Å². The molecule has 0 spiro atoms. The Hall–Kier alpha value is -1.06. The molecule has 0 aliphatic carbocycles. The fraction of sp³-hybridized carbons (Fsp3) is 0.538. The molecule has 1 unspecified atom stereocenters. The molecule has 3 nitrogen and oxygen atoms in total. The minimum absolute atomic E-state index is 0.190. The summed E-state index contributed by atoms with van der Waals surface area (Å²) >= 11 is 0. The molecule has 1 aliphatic rings. The van der Waals surface area contributed by atoms with Crippen LogP contribution >= 0.6 is 0 Å². The maximum atomic E-state index is 8.84. The zero-order valence-electron chi connectivity index (χ0n) is 9.39. The van der Waals surface area contributed by atoms with Crippen LogP contribution in [0, 0.1) is 0 Å². The average Bonchev–Trinajstić information content (AvgIpc) is 2.81. The van der Waals surface area contributed by atoms with Crippen LogP contribution in [0.15, 0.2) is 24.3 Å². The Labute approximate surface area is 96.0 Å². The van der Waals surface area contributed by atoms with E-state index in [9.17, 15) is 0 Å². The van der Waals surface area contributed by atoms with Gasteiger partial charge in [0.2, 0.25) is 0 Å². The molecule has 0 radical (unpaired) electrons. The van der Waals surface area contributed by atoms with Crippen LogP contribution in [-0.2, 0) is 11.2 Å². The number of para-hydroxylation sites is 1. The summed E-state index contributed by atoms with van der Waals surface area (Å²) in [5.74, 6) is 0.937. The van der Waals surface area contributed by atoms with Gasteiger partial charge >= 0.3 is 0 Å². The third kappa shape index (κ3) is 2.97. The maximum Gasteiger partial charge on any atom is 0.124 e. The van der Waals surface area contributed by atoms with E-state index in [4.69, 9.17) is 14.6 Å². The highest BCUT2D eigenvalue weighted by atomic mass is 16.5. The van der Waals surface area contributed by atoms with E-state index in [0.717, 1.165) is 31.6 Å². The quantitative estimate of drug-likeness (QED) is 0.825. The second-order valence-corrected chi connectivity index (χ2v) is 4.04. The third-order valence-electron chi connectivity index (χ3n) is 2.76. The smallest absolute Gasteiger partial charge is 0.124 e. The van der Waals surface area contributed by atoms with Crippen LogP contribution in [0.2, 0.25) is 0 Å². The van der Waals surface area contributed by atoms with Crippen molar-refractivity contribution < 1.29 is 14.6 Å². The summed E-state index contributed by atoms with van der Waals surface area (Å²) in [5, 5.41) is 8.84. The fourth-order valence-corrected chi connectivity index (χ4v) is 1.88. The van der Waals surface area contributed by atoms with Gasteiger partial charge in [-0.15, -0.1) is 0 Å². The summed E-state index contributed by atoms with van der Waals surface area (Å²) in [4.78, 5) is 0. The van der Waals surface area contributed by atoms with Gasteiger partial charge in [-0.3, -0.25) is 0 Å². The van der Waals surface area contributed by atoms with E-state index in [1.807, 2.05) is 18.2 Å². The predicted molar refractivity (Wildman–Crippen MR) is 61.7 cm³/mol. The molecule has 1 aliphatic heterocycles. The highest BCUT2D eigenvalue weighted by Crippen LogP contribution is 2.22. The minimum atomic E-state index is 0.190. The summed E-state index contributed by atoms with van der Waals surface area (Å²) in [6.45, 7) is 1.71. The summed E-state index contributed by atoms with van der Waals surface area (Å²) in [6.07, 6.45) is 2.80. The molecule has 2 rings (SSSR count). The van der Waals surface area contributed by atoms with E-state index < -0.39 is 0 Å². The van der Waals surface area contributed by atoms with Crippen molar-refractivity contribution in [1.29, 1.82) is 0 Å². The van der Waals surface area contributed by atoms with E-state index in [2.05, 4.69) is 6.07 Å². The number of hydrogen-bond acceptors (Lipinski definition) is 3. The molecule has 3 heteroatoms. The van der Waals surface area contributed by atoms with Gasteiger partial charge in [-0.1, -0.05) is 18.2 Å². The Balaban J connectivity index is 2.00. The molecule has 1 fully saturated rings. The Morgan fingerprint density at radius 3 is 3.00 bits per heavy atom.